The molecule has 0 bridgehead atoms. The van der Waals surface area contributed by atoms with Gasteiger partial charge in [0.05, 0.1) is 11.1 Å². The molecule has 0 aliphatic rings. The molecule has 1 aromatic heterocycles. The second-order valence-electron chi connectivity index (χ2n) is 5.09. The summed E-state index contributed by atoms with van der Waals surface area (Å²) in [6, 6.07) is 18.3. The largest absolute Gasteiger partial charge is 0.388 e. The van der Waals surface area contributed by atoms with Crippen LogP contribution in [0.1, 0.15) is 22.4 Å². The molecule has 0 aliphatic carbocycles. The van der Waals surface area contributed by atoms with E-state index in [2.05, 4.69) is 29.2 Å². The normalized spacial score (nSPS) is 12.3. The molecular formula is C18H17NOS. The van der Waals surface area contributed by atoms with Crippen molar-refractivity contribution in [3.63, 3.8) is 0 Å². The monoisotopic (exact) mass is 295 g/mol. The highest BCUT2D eigenvalue weighted by Gasteiger charge is 2.11. The zero-order valence-electron chi connectivity index (χ0n) is 11.9. The summed E-state index contributed by atoms with van der Waals surface area (Å²) in [7, 11) is 0. The molecule has 21 heavy (non-hydrogen) atoms. The van der Waals surface area contributed by atoms with E-state index in [-0.39, 0.29) is 0 Å². The van der Waals surface area contributed by atoms with Crippen molar-refractivity contribution in [2.24, 2.45) is 0 Å². The van der Waals surface area contributed by atoms with E-state index in [0.29, 0.717) is 6.42 Å². The lowest BCUT2D eigenvalue weighted by Gasteiger charge is -2.10. The molecule has 1 unspecified atom stereocenters. The van der Waals surface area contributed by atoms with E-state index < -0.39 is 6.10 Å². The maximum Gasteiger partial charge on any atom is 0.0957 e. The van der Waals surface area contributed by atoms with Crippen LogP contribution in [0.2, 0.25) is 0 Å². The maximum absolute atomic E-state index is 10.3. The van der Waals surface area contributed by atoms with Crippen LogP contribution in [0, 0.1) is 6.92 Å². The third-order valence-corrected chi connectivity index (χ3v) is 4.43. The van der Waals surface area contributed by atoms with Crippen molar-refractivity contribution in [1.82, 2.24) is 4.98 Å². The van der Waals surface area contributed by atoms with Crippen LogP contribution in [-0.4, -0.2) is 10.1 Å². The molecule has 0 radical (unpaired) electrons. The molecule has 0 amide bonds. The van der Waals surface area contributed by atoms with Gasteiger partial charge in [0.1, 0.15) is 0 Å². The number of hydrogen-bond donors (Lipinski definition) is 1. The second kappa shape index (κ2) is 6.20. The Hall–Kier alpha value is -1.97. The molecule has 0 spiro atoms. The average Bonchev–Trinajstić information content (AvgIpc) is 2.93. The summed E-state index contributed by atoms with van der Waals surface area (Å²) in [5.41, 5.74) is 4.30. The van der Waals surface area contributed by atoms with Crippen LogP contribution >= 0.6 is 11.3 Å². The summed E-state index contributed by atoms with van der Waals surface area (Å²) >= 11 is 1.60. The van der Waals surface area contributed by atoms with Crippen molar-refractivity contribution in [3.05, 3.63) is 76.2 Å². The SMILES string of the molecule is Cc1csc(CC(O)c2ccc(-c3ccccc3)cc2)n1. The Morgan fingerprint density at radius 1 is 1.00 bits per heavy atom. The van der Waals surface area contributed by atoms with Gasteiger partial charge in [-0.2, -0.15) is 0 Å². The number of hydrogen-bond acceptors (Lipinski definition) is 3. The zero-order valence-corrected chi connectivity index (χ0v) is 12.7. The predicted octanol–water partition coefficient (Wildman–Crippen LogP) is 4.39. The summed E-state index contributed by atoms with van der Waals surface area (Å²) in [5.74, 6) is 0. The molecule has 3 heteroatoms. The topological polar surface area (TPSA) is 33.1 Å². The van der Waals surface area contributed by atoms with Crippen molar-refractivity contribution in [2.75, 3.05) is 0 Å². The van der Waals surface area contributed by atoms with Crippen molar-refractivity contribution < 1.29 is 5.11 Å². The smallest absolute Gasteiger partial charge is 0.0957 e. The van der Waals surface area contributed by atoms with Gasteiger partial charge in [0, 0.05) is 17.5 Å². The van der Waals surface area contributed by atoms with Crippen LogP contribution < -0.4 is 0 Å². The molecular weight excluding hydrogens is 278 g/mol. The van der Waals surface area contributed by atoms with Crippen LogP contribution in [0.5, 0.6) is 0 Å². The van der Waals surface area contributed by atoms with E-state index in [1.807, 2.05) is 42.6 Å². The molecule has 3 rings (SSSR count). The second-order valence-corrected chi connectivity index (χ2v) is 6.03. The highest BCUT2D eigenvalue weighted by molar-refractivity contribution is 7.09. The van der Waals surface area contributed by atoms with Crippen molar-refractivity contribution in [2.45, 2.75) is 19.4 Å². The fourth-order valence-corrected chi connectivity index (χ4v) is 3.12. The first-order valence-corrected chi connectivity index (χ1v) is 7.85. The first kappa shape index (κ1) is 14.0. The first-order chi connectivity index (χ1) is 10.2. The van der Waals surface area contributed by atoms with Crippen molar-refractivity contribution >= 4 is 11.3 Å². The standard InChI is InChI=1S/C18H17NOS/c1-13-12-21-18(19-13)11-17(20)16-9-7-15(8-10-16)14-5-3-2-4-6-14/h2-10,12,17,20H,11H2,1H3. The molecule has 1 N–H and O–H groups in total. The maximum atomic E-state index is 10.3. The quantitative estimate of drug-likeness (QED) is 0.774. The van der Waals surface area contributed by atoms with E-state index >= 15 is 0 Å². The van der Waals surface area contributed by atoms with Crippen LogP contribution in [0.4, 0.5) is 0 Å². The fourth-order valence-electron chi connectivity index (χ4n) is 2.31. The van der Waals surface area contributed by atoms with Gasteiger partial charge in [-0.05, 0) is 23.6 Å². The van der Waals surface area contributed by atoms with Gasteiger partial charge in [0.2, 0.25) is 0 Å². The number of rotatable bonds is 4. The Bertz CT molecular complexity index is 704. The number of nitrogens with zero attached hydrogens (tertiary/aromatic N) is 1. The van der Waals surface area contributed by atoms with Gasteiger partial charge in [0.15, 0.2) is 0 Å². The van der Waals surface area contributed by atoms with Crippen LogP contribution in [0.25, 0.3) is 11.1 Å². The minimum absolute atomic E-state index is 0.500. The van der Waals surface area contributed by atoms with Gasteiger partial charge < -0.3 is 5.11 Å². The van der Waals surface area contributed by atoms with Crippen molar-refractivity contribution in [3.8, 4) is 11.1 Å². The molecule has 106 valence electrons. The average molecular weight is 295 g/mol. The molecule has 2 aromatic carbocycles. The minimum atomic E-state index is -0.500. The van der Waals surface area contributed by atoms with Crippen LogP contribution in [0.3, 0.4) is 0 Å². The molecule has 0 aliphatic heterocycles. The van der Waals surface area contributed by atoms with E-state index in [1.165, 1.54) is 5.56 Å². The molecule has 0 saturated heterocycles. The number of aryl methyl sites for hydroxylation is 1. The highest BCUT2D eigenvalue weighted by atomic mass is 32.1. The number of benzene rings is 2. The number of thiazole rings is 1. The highest BCUT2D eigenvalue weighted by Crippen LogP contribution is 2.24. The van der Waals surface area contributed by atoms with Crippen LogP contribution in [-0.2, 0) is 6.42 Å². The van der Waals surface area contributed by atoms with Gasteiger partial charge in [-0.3, -0.25) is 0 Å². The van der Waals surface area contributed by atoms with E-state index in [9.17, 15) is 5.11 Å². The minimum Gasteiger partial charge on any atom is -0.388 e. The third-order valence-electron chi connectivity index (χ3n) is 3.44. The molecule has 1 atom stereocenters. The summed E-state index contributed by atoms with van der Waals surface area (Å²) in [6.07, 6.45) is 0.0730. The number of aliphatic hydroxyl groups excluding tert-OH is 1. The van der Waals surface area contributed by atoms with E-state index in [0.717, 1.165) is 21.8 Å². The summed E-state index contributed by atoms with van der Waals surface area (Å²) in [5, 5.41) is 13.3. The Kier molecular flexibility index (Phi) is 4.13. The molecule has 3 aromatic rings. The summed E-state index contributed by atoms with van der Waals surface area (Å²) in [6.45, 7) is 1.97. The zero-order chi connectivity index (χ0) is 14.7. The van der Waals surface area contributed by atoms with Gasteiger partial charge in [0.25, 0.3) is 0 Å². The Balaban J connectivity index is 1.74. The third kappa shape index (κ3) is 3.38. The predicted molar refractivity (Wildman–Crippen MR) is 87.4 cm³/mol. The lowest BCUT2D eigenvalue weighted by Crippen LogP contribution is -2.01. The molecule has 0 saturated carbocycles. The first-order valence-electron chi connectivity index (χ1n) is 6.97. The van der Waals surface area contributed by atoms with Crippen molar-refractivity contribution in [1.29, 1.82) is 0 Å². The number of aliphatic hydroxyl groups is 1. The van der Waals surface area contributed by atoms with Gasteiger partial charge >= 0.3 is 0 Å². The van der Waals surface area contributed by atoms with Gasteiger partial charge in [-0.25, -0.2) is 4.98 Å². The van der Waals surface area contributed by atoms with Gasteiger partial charge in [-0.1, -0.05) is 54.6 Å². The fraction of sp³-hybridized carbons (Fsp3) is 0.167. The van der Waals surface area contributed by atoms with E-state index in [4.69, 9.17) is 0 Å². The van der Waals surface area contributed by atoms with E-state index in [1.54, 1.807) is 11.3 Å². The Morgan fingerprint density at radius 3 is 2.29 bits per heavy atom. The summed E-state index contributed by atoms with van der Waals surface area (Å²) in [4.78, 5) is 4.40. The van der Waals surface area contributed by atoms with Gasteiger partial charge in [-0.15, -0.1) is 11.3 Å². The molecule has 0 fully saturated rings. The lowest BCUT2D eigenvalue weighted by molar-refractivity contribution is 0.178. The molecule has 1 heterocycles. The Morgan fingerprint density at radius 2 is 1.67 bits per heavy atom. The molecule has 2 nitrogen and oxygen atoms in total. The summed E-state index contributed by atoms with van der Waals surface area (Å²) < 4.78 is 0. The Labute approximate surface area is 128 Å². The number of aromatic nitrogens is 1. The lowest BCUT2D eigenvalue weighted by atomic mass is 10.0. The van der Waals surface area contributed by atoms with Crippen LogP contribution in [0.15, 0.2) is 60.0 Å².